The van der Waals surface area contributed by atoms with Gasteiger partial charge in [-0.25, -0.2) is 4.98 Å². The molecule has 0 bridgehead atoms. The van der Waals surface area contributed by atoms with Gasteiger partial charge in [0.1, 0.15) is 5.15 Å². The van der Waals surface area contributed by atoms with Crippen LogP contribution in [0.3, 0.4) is 0 Å². The highest BCUT2D eigenvalue weighted by Gasteiger charge is 2.20. The van der Waals surface area contributed by atoms with Gasteiger partial charge in [0, 0.05) is 5.38 Å². The van der Waals surface area contributed by atoms with Crippen molar-refractivity contribution in [3.63, 3.8) is 0 Å². The van der Waals surface area contributed by atoms with Crippen molar-refractivity contribution in [1.82, 2.24) is 4.98 Å². The lowest BCUT2D eigenvalue weighted by atomic mass is 9.88. The molecule has 0 amide bonds. The number of halogens is 1. The SMILES string of the molecule is Clc1csc(NC2CCCc3ccccc32)n1. The van der Waals surface area contributed by atoms with Crippen molar-refractivity contribution in [2.24, 2.45) is 0 Å². The maximum absolute atomic E-state index is 5.84. The summed E-state index contributed by atoms with van der Waals surface area (Å²) >= 11 is 7.40. The summed E-state index contributed by atoms with van der Waals surface area (Å²) in [6, 6.07) is 9.02. The molecule has 1 aliphatic rings. The number of nitrogens with zero attached hydrogens (tertiary/aromatic N) is 1. The number of benzene rings is 1. The maximum Gasteiger partial charge on any atom is 0.184 e. The molecule has 1 atom stereocenters. The molecule has 0 aliphatic heterocycles. The Morgan fingerprint density at radius 1 is 1.35 bits per heavy atom. The molecule has 3 rings (SSSR count). The van der Waals surface area contributed by atoms with Crippen LogP contribution >= 0.6 is 22.9 Å². The largest absolute Gasteiger partial charge is 0.355 e. The average molecular weight is 265 g/mol. The van der Waals surface area contributed by atoms with E-state index in [9.17, 15) is 0 Å². The van der Waals surface area contributed by atoms with Crippen molar-refractivity contribution in [1.29, 1.82) is 0 Å². The van der Waals surface area contributed by atoms with Gasteiger partial charge in [-0.15, -0.1) is 11.3 Å². The number of hydrogen-bond acceptors (Lipinski definition) is 3. The molecular weight excluding hydrogens is 252 g/mol. The molecule has 0 spiro atoms. The smallest absolute Gasteiger partial charge is 0.184 e. The lowest BCUT2D eigenvalue weighted by Gasteiger charge is -2.26. The zero-order chi connectivity index (χ0) is 11.7. The van der Waals surface area contributed by atoms with Crippen LogP contribution < -0.4 is 5.32 Å². The maximum atomic E-state index is 5.84. The van der Waals surface area contributed by atoms with Crippen molar-refractivity contribution in [2.75, 3.05) is 5.32 Å². The molecule has 88 valence electrons. The third-order valence-electron chi connectivity index (χ3n) is 3.14. The van der Waals surface area contributed by atoms with Gasteiger partial charge in [0.05, 0.1) is 6.04 Å². The van der Waals surface area contributed by atoms with Crippen LogP contribution in [0.25, 0.3) is 0 Å². The summed E-state index contributed by atoms with van der Waals surface area (Å²) in [6.45, 7) is 0. The first-order valence-corrected chi connectivity index (χ1v) is 7.04. The minimum atomic E-state index is 0.377. The molecular formula is C13H13ClN2S. The number of rotatable bonds is 2. The fourth-order valence-electron chi connectivity index (χ4n) is 2.37. The Labute approximate surface area is 110 Å². The molecule has 1 N–H and O–H groups in total. The first-order chi connectivity index (χ1) is 8.33. The monoisotopic (exact) mass is 264 g/mol. The first-order valence-electron chi connectivity index (χ1n) is 5.78. The summed E-state index contributed by atoms with van der Waals surface area (Å²) in [5, 5.41) is 6.83. The predicted molar refractivity (Wildman–Crippen MR) is 72.9 cm³/mol. The quantitative estimate of drug-likeness (QED) is 0.875. The summed E-state index contributed by atoms with van der Waals surface area (Å²) < 4.78 is 0. The lowest BCUT2D eigenvalue weighted by Crippen LogP contribution is -2.17. The molecule has 0 radical (unpaired) electrons. The van der Waals surface area contributed by atoms with Crippen LogP contribution in [0.5, 0.6) is 0 Å². The molecule has 1 heterocycles. The topological polar surface area (TPSA) is 24.9 Å². The molecule has 1 aliphatic carbocycles. The molecule has 2 aromatic rings. The van der Waals surface area contributed by atoms with Gasteiger partial charge in [-0.05, 0) is 30.4 Å². The van der Waals surface area contributed by atoms with Gasteiger partial charge in [0.2, 0.25) is 0 Å². The van der Waals surface area contributed by atoms with E-state index >= 15 is 0 Å². The van der Waals surface area contributed by atoms with Crippen molar-refractivity contribution in [3.8, 4) is 0 Å². The van der Waals surface area contributed by atoms with E-state index in [-0.39, 0.29) is 0 Å². The average Bonchev–Trinajstić information content (AvgIpc) is 2.75. The number of aromatic nitrogens is 1. The fourth-order valence-corrected chi connectivity index (χ4v) is 3.26. The van der Waals surface area contributed by atoms with Gasteiger partial charge in [0.15, 0.2) is 5.13 Å². The van der Waals surface area contributed by atoms with E-state index in [1.54, 1.807) is 11.3 Å². The Morgan fingerprint density at radius 3 is 3.06 bits per heavy atom. The number of fused-ring (bicyclic) bond motifs is 1. The Kier molecular flexibility index (Phi) is 3.04. The van der Waals surface area contributed by atoms with E-state index in [1.165, 1.54) is 24.0 Å². The fraction of sp³-hybridized carbons (Fsp3) is 0.308. The van der Waals surface area contributed by atoms with E-state index < -0.39 is 0 Å². The number of thiazole rings is 1. The van der Waals surface area contributed by atoms with Crippen molar-refractivity contribution >= 4 is 28.1 Å². The Bertz CT molecular complexity index is 524. The van der Waals surface area contributed by atoms with Gasteiger partial charge in [-0.1, -0.05) is 35.9 Å². The van der Waals surface area contributed by atoms with Gasteiger partial charge in [-0.2, -0.15) is 0 Å². The molecule has 2 nitrogen and oxygen atoms in total. The van der Waals surface area contributed by atoms with Crippen molar-refractivity contribution in [3.05, 3.63) is 45.9 Å². The standard InChI is InChI=1S/C13H13ClN2S/c14-12-8-17-13(16-12)15-11-7-3-5-9-4-1-2-6-10(9)11/h1-2,4,6,8,11H,3,5,7H2,(H,15,16). The molecule has 1 aromatic heterocycles. The molecule has 1 unspecified atom stereocenters. The Balaban J connectivity index is 1.85. The van der Waals surface area contributed by atoms with Crippen LogP contribution in [0.4, 0.5) is 5.13 Å². The second-order valence-electron chi connectivity index (χ2n) is 4.26. The number of anilines is 1. The normalized spacial score (nSPS) is 18.8. The number of nitrogens with one attached hydrogen (secondary N) is 1. The Morgan fingerprint density at radius 2 is 2.24 bits per heavy atom. The summed E-state index contributed by atoms with van der Waals surface area (Å²) in [5.41, 5.74) is 2.86. The van der Waals surface area contributed by atoms with E-state index in [0.717, 1.165) is 11.6 Å². The first kappa shape index (κ1) is 11.1. The number of hydrogen-bond donors (Lipinski definition) is 1. The van der Waals surface area contributed by atoms with E-state index in [2.05, 4.69) is 34.6 Å². The summed E-state index contributed by atoms with van der Waals surface area (Å²) in [7, 11) is 0. The highest BCUT2D eigenvalue weighted by molar-refractivity contribution is 7.14. The van der Waals surface area contributed by atoms with Crippen LogP contribution in [0.1, 0.15) is 30.0 Å². The molecule has 17 heavy (non-hydrogen) atoms. The molecule has 0 fully saturated rings. The zero-order valence-corrected chi connectivity index (χ0v) is 10.9. The summed E-state index contributed by atoms with van der Waals surface area (Å²) in [5.74, 6) is 0. The molecule has 0 saturated heterocycles. The zero-order valence-electron chi connectivity index (χ0n) is 9.32. The third-order valence-corrected chi connectivity index (χ3v) is 4.24. The minimum Gasteiger partial charge on any atom is -0.355 e. The van der Waals surface area contributed by atoms with E-state index in [1.807, 2.05) is 5.38 Å². The van der Waals surface area contributed by atoms with Crippen molar-refractivity contribution in [2.45, 2.75) is 25.3 Å². The summed E-state index contributed by atoms with van der Waals surface area (Å²) in [4.78, 5) is 4.25. The second-order valence-corrected chi connectivity index (χ2v) is 5.51. The third kappa shape index (κ3) is 2.31. The lowest BCUT2D eigenvalue weighted by molar-refractivity contribution is 0.600. The molecule has 1 aromatic carbocycles. The van der Waals surface area contributed by atoms with Crippen molar-refractivity contribution < 1.29 is 0 Å². The highest BCUT2D eigenvalue weighted by Crippen LogP contribution is 2.33. The van der Waals surface area contributed by atoms with Gasteiger partial charge < -0.3 is 5.32 Å². The van der Waals surface area contributed by atoms with E-state index in [0.29, 0.717) is 11.2 Å². The predicted octanol–water partition coefficient (Wildman–Crippen LogP) is 4.29. The van der Waals surface area contributed by atoms with Crippen LogP contribution in [-0.2, 0) is 6.42 Å². The highest BCUT2D eigenvalue weighted by atomic mass is 35.5. The Hall–Kier alpha value is -1.06. The second kappa shape index (κ2) is 4.67. The number of aryl methyl sites for hydroxylation is 1. The van der Waals surface area contributed by atoms with Crippen LogP contribution in [-0.4, -0.2) is 4.98 Å². The van der Waals surface area contributed by atoms with Gasteiger partial charge in [-0.3, -0.25) is 0 Å². The van der Waals surface area contributed by atoms with E-state index in [4.69, 9.17) is 11.6 Å². The van der Waals surface area contributed by atoms with Crippen LogP contribution in [0, 0.1) is 0 Å². The van der Waals surface area contributed by atoms with Crippen LogP contribution in [0.2, 0.25) is 5.15 Å². The summed E-state index contributed by atoms with van der Waals surface area (Å²) in [6.07, 6.45) is 3.58. The van der Waals surface area contributed by atoms with Gasteiger partial charge in [0.25, 0.3) is 0 Å². The molecule has 0 saturated carbocycles. The van der Waals surface area contributed by atoms with Gasteiger partial charge >= 0.3 is 0 Å². The minimum absolute atomic E-state index is 0.377. The van der Waals surface area contributed by atoms with Crippen LogP contribution in [0.15, 0.2) is 29.6 Å². The molecule has 4 heteroatoms.